The molecule has 0 bridgehead atoms. The maximum Gasteiger partial charge on any atom is 0.307 e. The molecule has 0 heterocycles. The van der Waals surface area contributed by atoms with Crippen LogP contribution in [0.15, 0.2) is 12.2 Å². The summed E-state index contributed by atoms with van der Waals surface area (Å²) in [5.41, 5.74) is -0.0294. The maximum absolute atomic E-state index is 10.6. The van der Waals surface area contributed by atoms with Gasteiger partial charge in [0.15, 0.2) is 0 Å². The van der Waals surface area contributed by atoms with Crippen LogP contribution < -0.4 is 0 Å². The first kappa shape index (κ1) is 8.31. The van der Waals surface area contributed by atoms with E-state index in [0.717, 1.165) is 0 Å². The fraction of sp³-hybridized carbons (Fsp3) is 0.667. The van der Waals surface area contributed by atoms with Gasteiger partial charge in [-0.1, -0.05) is 26.0 Å². The first-order valence-electron chi connectivity index (χ1n) is 3.87. The van der Waals surface area contributed by atoms with Crippen molar-refractivity contribution in [1.29, 1.82) is 0 Å². The van der Waals surface area contributed by atoms with Crippen LogP contribution in [0.5, 0.6) is 0 Å². The molecule has 1 aliphatic carbocycles. The Balaban J connectivity index is 2.68. The molecule has 0 aromatic carbocycles. The molecule has 2 nitrogen and oxygen atoms in total. The lowest BCUT2D eigenvalue weighted by molar-refractivity contribution is -0.139. The number of hydrogen-bond donors (Lipinski definition) is 1. The Kier molecular flexibility index (Phi) is 1.78. The number of hydrogen-bond acceptors (Lipinski definition) is 1. The summed E-state index contributed by atoms with van der Waals surface area (Å²) in [7, 11) is 0. The average molecular weight is 154 g/mol. The highest BCUT2D eigenvalue weighted by molar-refractivity contribution is 5.76. The van der Waals surface area contributed by atoms with Gasteiger partial charge < -0.3 is 5.11 Å². The van der Waals surface area contributed by atoms with Crippen LogP contribution in [0.2, 0.25) is 0 Å². The third-order valence-corrected chi connectivity index (χ3v) is 2.58. The number of allylic oxidation sites excluding steroid dienone is 2. The summed E-state index contributed by atoms with van der Waals surface area (Å²) in [6.07, 6.45) is 3.91. The molecule has 0 spiro atoms. The summed E-state index contributed by atoms with van der Waals surface area (Å²) in [6.45, 7) is 5.92. The lowest BCUT2D eigenvalue weighted by atomic mass is 10.1. The highest BCUT2D eigenvalue weighted by Gasteiger charge is 2.60. The Morgan fingerprint density at radius 1 is 1.55 bits per heavy atom. The molecule has 0 amide bonds. The summed E-state index contributed by atoms with van der Waals surface area (Å²) in [5, 5.41) is 8.75. The second kappa shape index (κ2) is 2.36. The Morgan fingerprint density at radius 2 is 2.09 bits per heavy atom. The lowest BCUT2D eigenvalue weighted by Gasteiger charge is -1.95. The lowest BCUT2D eigenvalue weighted by Crippen LogP contribution is -2.02. The second-order valence-corrected chi connectivity index (χ2v) is 3.69. The highest BCUT2D eigenvalue weighted by Crippen LogP contribution is 2.58. The van der Waals surface area contributed by atoms with Gasteiger partial charge >= 0.3 is 5.97 Å². The van der Waals surface area contributed by atoms with E-state index < -0.39 is 5.97 Å². The molecule has 0 aliphatic heterocycles. The topological polar surface area (TPSA) is 37.3 Å². The molecule has 1 rings (SSSR count). The Hall–Kier alpha value is -0.790. The van der Waals surface area contributed by atoms with Crippen molar-refractivity contribution in [3.63, 3.8) is 0 Å². The number of aliphatic carboxylic acids is 1. The predicted octanol–water partition coefficient (Wildman–Crippen LogP) is 1.92. The summed E-state index contributed by atoms with van der Waals surface area (Å²) in [5.74, 6) is -0.596. The molecule has 0 aromatic heterocycles. The highest BCUT2D eigenvalue weighted by atomic mass is 16.4. The molecule has 2 atom stereocenters. The van der Waals surface area contributed by atoms with Gasteiger partial charge in [0.25, 0.3) is 0 Å². The monoisotopic (exact) mass is 154 g/mol. The molecule has 11 heavy (non-hydrogen) atoms. The van der Waals surface area contributed by atoms with Crippen LogP contribution >= 0.6 is 0 Å². The van der Waals surface area contributed by atoms with Gasteiger partial charge in [-0.25, -0.2) is 0 Å². The minimum atomic E-state index is -0.668. The van der Waals surface area contributed by atoms with Crippen molar-refractivity contribution in [1.82, 2.24) is 0 Å². The molecular formula is C9H14O2. The largest absolute Gasteiger partial charge is 0.481 e. The average Bonchev–Trinajstić information content (AvgIpc) is 2.35. The Bertz CT molecular complexity index is 204. The number of carbonyl (C=O) groups is 1. The first-order valence-corrected chi connectivity index (χ1v) is 3.87. The minimum Gasteiger partial charge on any atom is -0.481 e. The van der Waals surface area contributed by atoms with Crippen LogP contribution in [-0.4, -0.2) is 11.1 Å². The molecular weight excluding hydrogens is 140 g/mol. The van der Waals surface area contributed by atoms with E-state index in [-0.39, 0.29) is 17.3 Å². The molecule has 1 fully saturated rings. The Morgan fingerprint density at radius 3 is 2.36 bits per heavy atom. The van der Waals surface area contributed by atoms with E-state index in [2.05, 4.69) is 0 Å². The minimum absolute atomic E-state index is 0.0294. The van der Waals surface area contributed by atoms with Crippen molar-refractivity contribution in [2.24, 2.45) is 17.3 Å². The fourth-order valence-electron chi connectivity index (χ4n) is 1.72. The van der Waals surface area contributed by atoms with E-state index in [9.17, 15) is 4.79 Å². The van der Waals surface area contributed by atoms with Crippen molar-refractivity contribution >= 4 is 5.97 Å². The van der Waals surface area contributed by atoms with Crippen LogP contribution in [0.1, 0.15) is 20.8 Å². The number of rotatable bonds is 2. The molecule has 0 aromatic rings. The smallest absolute Gasteiger partial charge is 0.307 e. The maximum atomic E-state index is 10.6. The first-order chi connectivity index (χ1) is 5.01. The molecule has 1 N–H and O–H groups in total. The van der Waals surface area contributed by atoms with Crippen LogP contribution in [0.4, 0.5) is 0 Å². The van der Waals surface area contributed by atoms with Gasteiger partial charge in [-0.2, -0.15) is 0 Å². The number of carboxylic acid groups (broad SMARTS) is 1. The van der Waals surface area contributed by atoms with Crippen molar-refractivity contribution in [3.8, 4) is 0 Å². The second-order valence-electron chi connectivity index (χ2n) is 3.69. The van der Waals surface area contributed by atoms with Gasteiger partial charge in [0, 0.05) is 0 Å². The summed E-state index contributed by atoms with van der Waals surface area (Å²) in [4.78, 5) is 10.6. The van der Waals surface area contributed by atoms with Crippen LogP contribution in [-0.2, 0) is 4.79 Å². The zero-order valence-electron chi connectivity index (χ0n) is 7.16. The molecule has 1 saturated carbocycles. The molecule has 1 aliphatic rings. The van der Waals surface area contributed by atoms with Crippen LogP contribution in [0, 0.1) is 17.3 Å². The van der Waals surface area contributed by atoms with Crippen LogP contribution in [0.3, 0.4) is 0 Å². The van der Waals surface area contributed by atoms with Gasteiger partial charge in [-0.15, -0.1) is 0 Å². The molecule has 0 saturated heterocycles. The van der Waals surface area contributed by atoms with Gasteiger partial charge in [0.05, 0.1) is 5.92 Å². The van der Waals surface area contributed by atoms with Gasteiger partial charge in [0.2, 0.25) is 0 Å². The third kappa shape index (κ3) is 1.17. The Labute approximate surface area is 66.9 Å². The molecule has 62 valence electrons. The van der Waals surface area contributed by atoms with E-state index >= 15 is 0 Å². The van der Waals surface area contributed by atoms with Gasteiger partial charge in [-0.3, -0.25) is 4.79 Å². The van der Waals surface area contributed by atoms with Crippen molar-refractivity contribution in [2.45, 2.75) is 20.8 Å². The van der Waals surface area contributed by atoms with Gasteiger partial charge in [0.1, 0.15) is 0 Å². The van der Waals surface area contributed by atoms with Crippen molar-refractivity contribution in [2.75, 3.05) is 0 Å². The summed E-state index contributed by atoms with van der Waals surface area (Å²) in [6, 6.07) is 0. The summed E-state index contributed by atoms with van der Waals surface area (Å²) < 4.78 is 0. The molecule has 0 unspecified atom stereocenters. The standard InChI is InChI=1S/C9H14O2/c1-4-5-6-7(8(10)11)9(6,2)3/h4-7H,1-3H3,(H,10,11)/b5-4+/t6-,7-/m1/s1. The normalized spacial score (nSPS) is 34.1. The van der Waals surface area contributed by atoms with Gasteiger partial charge in [-0.05, 0) is 18.3 Å². The molecule has 2 heteroatoms. The third-order valence-electron chi connectivity index (χ3n) is 2.58. The fourth-order valence-corrected chi connectivity index (χ4v) is 1.72. The van der Waals surface area contributed by atoms with Crippen molar-refractivity contribution < 1.29 is 9.90 Å². The van der Waals surface area contributed by atoms with Crippen molar-refractivity contribution in [3.05, 3.63) is 12.2 Å². The predicted molar refractivity (Wildman–Crippen MR) is 43.2 cm³/mol. The molecule has 0 radical (unpaired) electrons. The van der Waals surface area contributed by atoms with E-state index in [4.69, 9.17) is 5.11 Å². The quantitative estimate of drug-likeness (QED) is 0.617. The van der Waals surface area contributed by atoms with Crippen LogP contribution in [0.25, 0.3) is 0 Å². The zero-order chi connectivity index (χ0) is 8.65. The zero-order valence-corrected chi connectivity index (χ0v) is 7.16. The van der Waals surface area contributed by atoms with E-state index in [1.165, 1.54) is 0 Å². The summed E-state index contributed by atoms with van der Waals surface area (Å²) >= 11 is 0. The SMILES string of the molecule is C/C=C/[C@@H]1[C@H](C(=O)O)C1(C)C. The van der Waals surface area contributed by atoms with E-state index in [1.807, 2.05) is 32.9 Å². The van der Waals surface area contributed by atoms with E-state index in [0.29, 0.717) is 0 Å². The number of carboxylic acids is 1. The van der Waals surface area contributed by atoms with E-state index in [1.54, 1.807) is 0 Å².